The van der Waals surface area contributed by atoms with Gasteiger partial charge < -0.3 is 9.47 Å². The minimum Gasteiger partial charge on any atom is -0.497 e. The van der Waals surface area contributed by atoms with Gasteiger partial charge in [-0.15, -0.1) is 0 Å². The van der Waals surface area contributed by atoms with E-state index in [1.165, 1.54) is 89.9 Å². The Hall–Kier alpha value is -2.62. The number of rotatable bonds is 23. The second-order valence-electron chi connectivity index (χ2n) is 11.0. The summed E-state index contributed by atoms with van der Waals surface area (Å²) in [7, 11) is 3.42. The molecule has 0 aliphatic carbocycles. The van der Waals surface area contributed by atoms with Gasteiger partial charge in [-0.2, -0.15) is 10.2 Å². The normalized spacial score (nSPS) is 12.1. The maximum Gasteiger partial charge on any atom is 0.118 e. The summed E-state index contributed by atoms with van der Waals surface area (Å²) in [6.07, 6.45) is 22.8. The first-order valence-electron chi connectivity index (χ1n) is 16.1. The van der Waals surface area contributed by atoms with E-state index in [0.29, 0.717) is 0 Å². The Morgan fingerprint density at radius 1 is 0.450 bits per heavy atom. The van der Waals surface area contributed by atoms with Crippen LogP contribution in [0.3, 0.4) is 0 Å². The minimum absolute atomic E-state index is 0.868. The highest BCUT2D eigenvalue weighted by molar-refractivity contribution is 6.03. The Bertz CT molecular complexity index is 868. The van der Waals surface area contributed by atoms with Gasteiger partial charge in [0.1, 0.15) is 11.5 Å². The van der Waals surface area contributed by atoms with Crippen molar-refractivity contribution >= 4 is 11.4 Å². The predicted molar refractivity (Wildman–Crippen MR) is 174 cm³/mol. The molecule has 0 fully saturated rings. The van der Waals surface area contributed by atoms with E-state index < -0.39 is 0 Å². The molecule has 0 heterocycles. The average molecular weight is 549 g/mol. The zero-order valence-electron chi connectivity index (χ0n) is 26.1. The van der Waals surface area contributed by atoms with Crippen LogP contribution in [0.2, 0.25) is 0 Å². The number of hydrogen-bond acceptors (Lipinski definition) is 4. The van der Waals surface area contributed by atoms with Crippen molar-refractivity contribution in [2.24, 2.45) is 10.2 Å². The number of ether oxygens (including phenoxy) is 2. The smallest absolute Gasteiger partial charge is 0.118 e. The summed E-state index contributed by atoms with van der Waals surface area (Å²) in [4.78, 5) is 0. The highest BCUT2D eigenvalue weighted by Gasteiger charge is 2.08. The lowest BCUT2D eigenvalue weighted by molar-refractivity contribution is 0.414. The molecule has 222 valence electrons. The van der Waals surface area contributed by atoms with Crippen LogP contribution in [0, 0.1) is 0 Å². The number of methoxy groups -OCH3 is 2. The maximum absolute atomic E-state index is 5.39. The topological polar surface area (TPSA) is 43.2 Å². The fraction of sp³-hybridized carbons (Fsp3) is 0.611. The second-order valence-corrected chi connectivity index (χ2v) is 11.0. The molecule has 0 aromatic heterocycles. The summed E-state index contributed by atoms with van der Waals surface area (Å²) < 4.78 is 10.8. The van der Waals surface area contributed by atoms with E-state index in [0.717, 1.165) is 59.7 Å². The summed E-state index contributed by atoms with van der Waals surface area (Å²) in [6.45, 7) is 4.55. The maximum atomic E-state index is 5.39. The third-order valence-electron chi connectivity index (χ3n) is 7.67. The molecule has 4 heteroatoms. The van der Waals surface area contributed by atoms with Gasteiger partial charge in [0.15, 0.2) is 0 Å². The van der Waals surface area contributed by atoms with Gasteiger partial charge in [0, 0.05) is 0 Å². The Balaban J connectivity index is 2.11. The summed E-state index contributed by atoms with van der Waals surface area (Å²) >= 11 is 0. The molecule has 40 heavy (non-hydrogen) atoms. The van der Waals surface area contributed by atoms with Gasteiger partial charge in [-0.3, -0.25) is 0 Å². The third-order valence-corrected chi connectivity index (χ3v) is 7.67. The Morgan fingerprint density at radius 3 is 1.05 bits per heavy atom. The van der Waals surface area contributed by atoms with Crippen LogP contribution in [-0.2, 0) is 0 Å². The molecule has 0 saturated heterocycles. The first-order valence-corrected chi connectivity index (χ1v) is 16.1. The van der Waals surface area contributed by atoms with E-state index in [4.69, 9.17) is 19.7 Å². The van der Waals surface area contributed by atoms with Gasteiger partial charge in [0.25, 0.3) is 0 Å². The van der Waals surface area contributed by atoms with Crippen LogP contribution >= 0.6 is 0 Å². The van der Waals surface area contributed by atoms with Crippen LogP contribution in [0.5, 0.6) is 11.5 Å². The Labute approximate surface area is 245 Å². The van der Waals surface area contributed by atoms with Crippen LogP contribution in [0.4, 0.5) is 0 Å². The molecule has 0 bridgehead atoms. The highest BCUT2D eigenvalue weighted by atomic mass is 16.5. The molecule has 0 unspecified atom stereocenters. The summed E-state index contributed by atoms with van der Waals surface area (Å²) in [5.41, 5.74) is 4.40. The lowest BCUT2D eigenvalue weighted by Gasteiger charge is -2.10. The van der Waals surface area contributed by atoms with E-state index >= 15 is 0 Å². The van der Waals surface area contributed by atoms with Gasteiger partial charge in [0.2, 0.25) is 0 Å². The van der Waals surface area contributed by atoms with Crippen LogP contribution in [0.15, 0.2) is 58.7 Å². The molecular formula is C36H56N2O2. The fourth-order valence-corrected chi connectivity index (χ4v) is 5.04. The third kappa shape index (κ3) is 14.1. The lowest BCUT2D eigenvalue weighted by atomic mass is 10.0. The summed E-state index contributed by atoms with van der Waals surface area (Å²) in [5.74, 6) is 1.74. The number of benzene rings is 2. The van der Waals surface area contributed by atoms with Crippen molar-refractivity contribution in [1.82, 2.24) is 0 Å². The number of nitrogens with zero attached hydrogens (tertiary/aromatic N) is 2. The molecule has 2 aromatic rings. The zero-order chi connectivity index (χ0) is 28.7. The minimum atomic E-state index is 0.868. The molecule has 0 aliphatic heterocycles. The fourth-order valence-electron chi connectivity index (χ4n) is 5.04. The van der Waals surface area contributed by atoms with Gasteiger partial charge in [0.05, 0.1) is 25.6 Å². The first kappa shape index (κ1) is 33.6. The molecule has 0 radical (unpaired) electrons. The monoisotopic (exact) mass is 548 g/mol. The molecule has 0 aliphatic rings. The summed E-state index contributed by atoms with van der Waals surface area (Å²) in [5, 5.41) is 9.82. The van der Waals surface area contributed by atoms with Crippen molar-refractivity contribution in [1.29, 1.82) is 0 Å². The van der Waals surface area contributed by atoms with Gasteiger partial charge in [-0.05, 0) is 85.3 Å². The van der Waals surface area contributed by atoms with Crippen LogP contribution < -0.4 is 9.47 Å². The average Bonchev–Trinajstić information content (AvgIpc) is 3.00. The van der Waals surface area contributed by atoms with Crippen molar-refractivity contribution in [3.05, 3.63) is 59.7 Å². The number of unbranched alkanes of at least 4 members (excludes halogenated alkanes) is 14. The van der Waals surface area contributed by atoms with Crippen LogP contribution in [0.25, 0.3) is 0 Å². The van der Waals surface area contributed by atoms with E-state index in [1.54, 1.807) is 14.2 Å². The quantitative estimate of drug-likeness (QED) is 0.0787. The van der Waals surface area contributed by atoms with E-state index in [2.05, 4.69) is 38.1 Å². The van der Waals surface area contributed by atoms with E-state index in [-0.39, 0.29) is 0 Å². The number of hydrogen-bond donors (Lipinski definition) is 0. The largest absolute Gasteiger partial charge is 0.497 e. The van der Waals surface area contributed by atoms with Crippen molar-refractivity contribution in [3.8, 4) is 11.5 Å². The van der Waals surface area contributed by atoms with Crippen LogP contribution in [-0.4, -0.2) is 25.6 Å². The highest BCUT2D eigenvalue weighted by Crippen LogP contribution is 2.19. The summed E-state index contributed by atoms with van der Waals surface area (Å²) in [6, 6.07) is 16.5. The van der Waals surface area contributed by atoms with Crippen molar-refractivity contribution in [2.45, 2.75) is 129 Å². The molecule has 0 saturated carbocycles. The van der Waals surface area contributed by atoms with Gasteiger partial charge in [-0.1, -0.05) is 104 Å². The van der Waals surface area contributed by atoms with E-state index in [1.807, 2.05) is 24.3 Å². The molecule has 2 rings (SSSR count). The lowest BCUT2D eigenvalue weighted by Crippen LogP contribution is -2.04. The van der Waals surface area contributed by atoms with E-state index in [9.17, 15) is 0 Å². The standard InChI is InChI=1S/C36H56N2O2/c1-5-7-9-11-13-15-17-19-21-35(31-23-27-33(39-3)28-24-31)37-38-36(32-25-29-34(40-4)30-26-32)22-20-18-16-14-12-10-8-6-2/h23-30H,5-22H2,1-4H3. The molecule has 2 aromatic carbocycles. The Kier molecular flexibility index (Phi) is 18.6. The molecule has 0 atom stereocenters. The van der Waals surface area contributed by atoms with Crippen LogP contribution in [0.1, 0.15) is 141 Å². The van der Waals surface area contributed by atoms with Gasteiger partial charge in [-0.25, -0.2) is 0 Å². The van der Waals surface area contributed by atoms with Gasteiger partial charge >= 0.3 is 0 Å². The predicted octanol–water partition coefficient (Wildman–Crippen LogP) is 11.0. The molecule has 0 N–H and O–H groups in total. The Morgan fingerprint density at radius 2 is 0.750 bits per heavy atom. The van der Waals surface area contributed by atoms with Crippen molar-refractivity contribution in [3.63, 3.8) is 0 Å². The SMILES string of the molecule is CCCCCCCCCCC(=NN=C(CCCCCCCCCC)c1ccc(OC)cc1)c1ccc(OC)cc1. The first-order chi connectivity index (χ1) is 19.7. The van der Waals surface area contributed by atoms with Crippen molar-refractivity contribution < 1.29 is 9.47 Å². The molecular weight excluding hydrogens is 492 g/mol. The second kappa shape index (κ2) is 22.1. The van der Waals surface area contributed by atoms with Crippen molar-refractivity contribution in [2.75, 3.05) is 14.2 Å². The zero-order valence-corrected chi connectivity index (χ0v) is 26.1. The molecule has 4 nitrogen and oxygen atoms in total. The molecule has 0 spiro atoms. The molecule has 0 amide bonds.